The lowest BCUT2D eigenvalue weighted by molar-refractivity contribution is -0.119. The number of rotatable bonds is 6. The SMILES string of the molecule is CN(C(=O)C1CCCN1c1nc2c(c(Nc3cc(C4CCCCC4)[nH]n3)n1)CCC2)c1cccnc1. The molecule has 9 nitrogen and oxygen atoms in total. The number of fused-ring (bicyclic) bond motifs is 1. The summed E-state index contributed by atoms with van der Waals surface area (Å²) < 4.78 is 0. The van der Waals surface area contributed by atoms with E-state index in [2.05, 4.69) is 31.5 Å². The van der Waals surface area contributed by atoms with Gasteiger partial charge in [0.25, 0.3) is 0 Å². The first kappa shape index (κ1) is 22.9. The molecule has 0 aromatic carbocycles. The zero-order valence-electron chi connectivity index (χ0n) is 20.9. The smallest absolute Gasteiger partial charge is 0.249 e. The van der Waals surface area contributed by atoms with Gasteiger partial charge in [0, 0.05) is 43.0 Å². The maximum atomic E-state index is 13.5. The van der Waals surface area contributed by atoms with Gasteiger partial charge in [-0.05, 0) is 57.1 Å². The molecule has 2 aliphatic carbocycles. The first-order valence-electron chi connectivity index (χ1n) is 13.3. The number of carbonyl (C=O) groups excluding carboxylic acids is 1. The monoisotopic (exact) mass is 486 g/mol. The number of likely N-dealkylation sites (N-methyl/N-ethyl adjacent to an activating group) is 1. The number of hydrogen-bond acceptors (Lipinski definition) is 7. The first-order valence-corrected chi connectivity index (χ1v) is 13.3. The highest BCUT2D eigenvalue weighted by Crippen LogP contribution is 2.35. The highest BCUT2D eigenvalue weighted by Gasteiger charge is 2.36. The Morgan fingerprint density at radius 3 is 2.83 bits per heavy atom. The van der Waals surface area contributed by atoms with Crippen LogP contribution in [0.15, 0.2) is 30.6 Å². The van der Waals surface area contributed by atoms with Gasteiger partial charge in [-0.25, -0.2) is 4.98 Å². The van der Waals surface area contributed by atoms with Crippen molar-refractivity contribution in [1.82, 2.24) is 25.1 Å². The Bertz CT molecular complexity index is 1220. The second-order valence-electron chi connectivity index (χ2n) is 10.3. The minimum absolute atomic E-state index is 0.0449. The Morgan fingerprint density at radius 2 is 2.00 bits per heavy atom. The van der Waals surface area contributed by atoms with Crippen molar-refractivity contribution in [3.05, 3.63) is 47.5 Å². The van der Waals surface area contributed by atoms with E-state index in [1.165, 1.54) is 43.4 Å². The summed E-state index contributed by atoms with van der Waals surface area (Å²) in [4.78, 5) is 31.3. The predicted octanol–water partition coefficient (Wildman–Crippen LogP) is 4.51. The lowest BCUT2D eigenvalue weighted by Crippen LogP contribution is -2.45. The number of nitrogens with one attached hydrogen (secondary N) is 2. The molecule has 3 aromatic heterocycles. The van der Waals surface area contributed by atoms with Crippen molar-refractivity contribution in [2.75, 3.05) is 28.7 Å². The maximum Gasteiger partial charge on any atom is 0.249 e. The fraction of sp³-hybridized carbons (Fsp3) is 0.519. The Hall–Kier alpha value is -3.49. The van der Waals surface area contributed by atoms with E-state index in [0.29, 0.717) is 11.9 Å². The van der Waals surface area contributed by atoms with Gasteiger partial charge in [0.15, 0.2) is 5.82 Å². The van der Waals surface area contributed by atoms with E-state index in [9.17, 15) is 4.79 Å². The Kier molecular flexibility index (Phi) is 6.29. The van der Waals surface area contributed by atoms with Crippen LogP contribution in [0.2, 0.25) is 0 Å². The number of aryl methyl sites for hydroxylation is 1. The fourth-order valence-electron chi connectivity index (χ4n) is 5.96. The van der Waals surface area contributed by atoms with Gasteiger partial charge in [-0.1, -0.05) is 19.3 Å². The molecule has 1 aliphatic heterocycles. The summed E-state index contributed by atoms with van der Waals surface area (Å²) in [5.41, 5.74) is 4.27. The van der Waals surface area contributed by atoms with Crippen molar-refractivity contribution >= 4 is 29.2 Å². The average Bonchev–Trinajstić information content (AvgIpc) is 3.70. The summed E-state index contributed by atoms with van der Waals surface area (Å²) in [5.74, 6) is 2.88. The van der Waals surface area contributed by atoms with Crippen LogP contribution in [0.1, 0.15) is 74.2 Å². The van der Waals surface area contributed by atoms with E-state index in [1.54, 1.807) is 17.3 Å². The molecule has 0 radical (unpaired) electrons. The van der Waals surface area contributed by atoms with Crippen LogP contribution in [0.4, 0.5) is 23.3 Å². The van der Waals surface area contributed by atoms with Crippen molar-refractivity contribution in [2.24, 2.45) is 0 Å². The Morgan fingerprint density at radius 1 is 1.11 bits per heavy atom. The molecule has 188 valence electrons. The van der Waals surface area contributed by atoms with Crippen LogP contribution in [0.25, 0.3) is 0 Å². The molecule has 1 atom stereocenters. The highest BCUT2D eigenvalue weighted by molar-refractivity contribution is 5.98. The number of nitrogens with zero attached hydrogens (tertiary/aromatic N) is 6. The molecule has 2 fully saturated rings. The van der Waals surface area contributed by atoms with Crippen LogP contribution in [0.5, 0.6) is 0 Å². The van der Waals surface area contributed by atoms with Crippen LogP contribution in [-0.4, -0.2) is 50.7 Å². The van der Waals surface area contributed by atoms with Crippen molar-refractivity contribution in [3.63, 3.8) is 0 Å². The van der Waals surface area contributed by atoms with Gasteiger partial charge in [-0.2, -0.15) is 10.1 Å². The van der Waals surface area contributed by atoms with Crippen molar-refractivity contribution in [2.45, 2.75) is 76.2 Å². The number of anilines is 4. The van der Waals surface area contributed by atoms with Crippen LogP contribution in [0.3, 0.4) is 0 Å². The molecular formula is C27H34N8O. The standard InChI is InChI=1S/C27H34N8O/c1-34(19-10-6-14-28-17-19)26(36)23-13-7-15-35(23)27-29-21-12-5-11-20(21)25(31-27)30-24-16-22(32-33-24)18-8-3-2-4-9-18/h6,10,14,16-18,23H,2-5,7-9,11-13,15H2,1H3,(H2,29,30,31,32,33). The number of hydrogen-bond donors (Lipinski definition) is 2. The summed E-state index contributed by atoms with van der Waals surface area (Å²) in [7, 11) is 1.81. The molecule has 36 heavy (non-hydrogen) atoms. The molecule has 1 unspecified atom stereocenters. The van der Waals surface area contributed by atoms with Crippen molar-refractivity contribution in [3.8, 4) is 0 Å². The number of carbonyl (C=O) groups is 1. The van der Waals surface area contributed by atoms with Gasteiger partial charge in [-0.15, -0.1) is 0 Å². The van der Waals surface area contributed by atoms with Crippen LogP contribution in [-0.2, 0) is 17.6 Å². The van der Waals surface area contributed by atoms with Gasteiger partial charge in [0.2, 0.25) is 11.9 Å². The summed E-state index contributed by atoms with van der Waals surface area (Å²) in [6, 6.07) is 5.61. The highest BCUT2D eigenvalue weighted by atomic mass is 16.2. The molecule has 2 N–H and O–H groups in total. The molecule has 3 aromatic rings. The topological polar surface area (TPSA) is 103 Å². The molecule has 6 rings (SSSR count). The van der Waals surface area contributed by atoms with Gasteiger partial charge in [0.1, 0.15) is 11.9 Å². The van der Waals surface area contributed by atoms with E-state index in [-0.39, 0.29) is 11.9 Å². The molecule has 1 saturated heterocycles. The van der Waals surface area contributed by atoms with Gasteiger partial charge < -0.3 is 15.1 Å². The zero-order valence-corrected chi connectivity index (χ0v) is 20.9. The zero-order chi connectivity index (χ0) is 24.5. The Balaban J connectivity index is 1.25. The van der Waals surface area contributed by atoms with Gasteiger partial charge >= 0.3 is 0 Å². The molecule has 0 bridgehead atoms. The van der Waals surface area contributed by atoms with E-state index < -0.39 is 0 Å². The third-order valence-corrected chi connectivity index (χ3v) is 7.97. The van der Waals surface area contributed by atoms with Crippen LogP contribution < -0.4 is 15.1 Å². The van der Waals surface area contributed by atoms with E-state index in [1.807, 2.05) is 19.2 Å². The van der Waals surface area contributed by atoms with E-state index >= 15 is 0 Å². The number of aromatic nitrogens is 5. The van der Waals surface area contributed by atoms with E-state index in [0.717, 1.165) is 61.7 Å². The third-order valence-electron chi connectivity index (χ3n) is 7.97. The summed E-state index contributed by atoms with van der Waals surface area (Å²) >= 11 is 0. The number of aromatic amines is 1. The minimum Gasteiger partial charge on any atom is -0.329 e. The summed E-state index contributed by atoms with van der Waals surface area (Å²) in [6.07, 6.45) is 14.5. The van der Waals surface area contributed by atoms with Gasteiger partial charge in [0.05, 0.1) is 17.6 Å². The fourth-order valence-corrected chi connectivity index (χ4v) is 5.96. The average molecular weight is 487 g/mol. The van der Waals surface area contributed by atoms with Crippen molar-refractivity contribution < 1.29 is 4.79 Å². The predicted molar refractivity (Wildman–Crippen MR) is 140 cm³/mol. The lowest BCUT2D eigenvalue weighted by atomic mass is 9.87. The molecule has 3 aliphatic rings. The third kappa shape index (κ3) is 4.42. The maximum absolute atomic E-state index is 13.5. The molecule has 4 heterocycles. The summed E-state index contributed by atoms with van der Waals surface area (Å²) in [5, 5.41) is 11.3. The van der Waals surface area contributed by atoms with Crippen LogP contribution in [0, 0.1) is 0 Å². The van der Waals surface area contributed by atoms with E-state index in [4.69, 9.17) is 9.97 Å². The summed E-state index contributed by atoms with van der Waals surface area (Å²) in [6.45, 7) is 0.768. The lowest BCUT2D eigenvalue weighted by Gasteiger charge is -2.28. The molecule has 1 amide bonds. The first-order chi connectivity index (χ1) is 17.7. The quantitative estimate of drug-likeness (QED) is 0.528. The number of amides is 1. The molecule has 9 heteroatoms. The number of pyridine rings is 1. The molecule has 1 saturated carbocycles. The largest absolute Gasteiger partial charge is 0.329 e. The number of H-pyrrole nitrogens is 1. The van der Waals surface area contributed by atoms with Crippen molar-refractivity contribution in [1.29, 1.82) is 0 Å². The Labute approximate surface area is 211 Å². The van der Waals surface area contributed by atoms with Crippen LogP contribution >= 0.6 is 0 Å². The molecular weight excluding hydrogens is 452 g/mol. The minimum atomic E-state index is -0.286. The second kappa shape index (κ2) is 9.87. The second-order valence-corrected chi connectivity index (χ2v) is 10.3. The molecule has 0 spiro atoms. The van der Waals surface area contributed by atoms with Gasteiger partial charge in [-0.3, -0.25) is 14.9 Å². The normalized spacial score (nSPS) is 19.9.